The fourth-order valence-electron chi connectivity index (χ4n) is 1.44. The van der Waals surface area contributed by atoms with E-state index in [0.29, 0.717) is 5.92 Å². The first-order valence-corrected chi connectivity index (χ1v) is 6.82. The molecule has 0 radical (unpaired) electrons. The van der Waals surface area contributed by atoms with Crippen molar-refractivity contribution in [1.29, 1.82) is 0 Å². The van der Waals surface area contributed by atoms with Crippen LogP contribution in [0.2, 0.25) is 0 Å². The predicted molar refractivity (Wildman–Crippen MR) is 67.7 cm³/mol. The van der Waals surface area contributed by atoms with Gasteiger partial charge >= 0.3 is 0 Å². The van der Waals surface area contributed by atoms with Crippen LogP contribution >= 0.6 is 23.1 Å². The van der Waals surface area contributed by atoms with Crippen molar-refractivity contribution in [3.8, 4) is 0 Å². The monoisotopic (exact) mass is 222 g/mol. The maximum absolute atomic E-state index is 2.31. The maximum Gasteiger partial charge on any atom is 0.0356 e. The van der Waals surface area contributed by atoms with Crippen LogP contribution in [0.1, 0.15) is 24.6 Å². The van der Waals surface area contributed by atoms with Crippen LogP contribution in [0.25, 0.3) is 10.1 Å². The molecule has 1 aromatic heterocycles. The lowest BCUT2D eigenvalue weighted by Gasteiger charge is -1.96. The molecular formula is C12H14S2. The van der Waals surface area contributed by atoms with Gasteiger partial charge in [0.15, 0.2) is 0 Å². The van der Waals surface area contributed by atoms with Gasteiger partial charge in [-0.05, 0) is 35.8 Å². The molecule has 0 saturated carbocycles. The SMILES string of the molecule is CSc1ccc2cc(C(C)C)sc2c1. The van der Waals surface area contributed by atoms with Crippen molar-refractivity contribution in [2.45, 2.75) is 24.7 Å². The quantitative estimate of drug-likeness (QED) is 0.661. The van der Waals surface area contributed by atoms with Crippen molar-refractivity contribution in [2.24, 2.45) is 0 Å². The minimum Gasteiger partial charge on any atom is -0.140 e. The van der Waals surface area contributed by atoms with Gasteiger partial charge in [0.1, 0.15) is 0 Å². The summed E-state index contributed by atoms with van der Waals surface area (Å²) in [6.07, 6.45) is 2.12. The summed E-state index contributed by atoms with van der Waals surface area (Å²) in [7, 11) is 0. The molecule has 0 nitrogen and oxygen atoms in total. The highest BCUT2D eigenvalue weighted by molar-refractivity contribution is 7.98. The van der Waals surface area contributed by atoms with Gasteiger partial charge in [-0.2, -0.15) is 0 Å². The second-order valence-corrected chi connectivity index (χ2v) is 5.70. The minimum atomic E-state index is 0.644. The summed E-state index contributed by atoms with van der Waals surface area (Å²) in [5.74, 6) is 0.644. The van der Waals surface area contributed by atoms with Crippen LogP contribution in [0.5, 0.6) is 0 Å². The first kappa shape index (κ1) is 10.1. The van der Waals surface area contributed by atoms with Gasteiger partial charge in [0.2, 0.25) is 0 Å². The molecule has 0 aliphatic carbocycles. The Kier molecular flexibility index (Phi) is 2.84. The van der Waals surface area contributed by atoms with E-state index in [1.54, 1.807) is 0 Å². The zero-order chi connectivity index (χ0) is 10.1. The third kappa shape index (κ3) is 1.82. The molecule has 0 saturated heterocycles. The van der Waals surface area contributed by atoms with Crippen LogP contribution in [-0.2, 0) is 0 Å². The first-order chi connectivity index (χ1) is 6.70. The van der Waals surface area contributed by atoms with E-state index in [2.05, 4.69) is 44.4 Å². The Morgan fingerprint density at radius 1 is 1.21 bits per heavy atom. The van der Waals surface area contributed by atoms with Crippen LogP contribution in [0.4, 0.5) is 0 Å². The summed E-state index contributed by atoms with van der Waals surface area (Å²) < 4.78 is 1.42. The molecular weight excluding hydrogens is 208 g/mol. The van der Waals surface area contributed by atoms with Gasteiger partial charge in [-0.25, -0.2) is 0 Å². The van der Waals surface area contributed by atoms with Crippen LogP contribution in [0.15, 0.2) is 29.2 Å². The molecule has 0 unspecified atom stereocenters. The summed E-state index contributed by atoms with van der Waals surface area (Å²) in [5, 5.41) is 1.39. The lowest BCUT2D eigenvalue weighted by atomic mass is 10.1. The average molecular weight is 222 g/mol. The summed E-state index contributed by atoms with van der Waals surface area (Å²) in [5.41, 5.74) is 0. The van der Waals surface area contributed by atoms with Gasteiger partial charge in [0.05, 0.1) is 0 Å². The topological polar surface area (TPSA) is 0 Å². The van der Waals surface area contributed by atoms with Gasteiger partial charge in [0.25, 0.3) is 0 Å². The molecule has 0 bridgehead atoms. The van der Waals surface area contributed by atoms with Crippen molar-refractivity contribution in [3.05, 3.63) is 29.1 Å². The van der Waals surface area contributed by atoms with Gasteiger partial charge in [-0.3, -0.25) is 0 Å². The van der Waals surface area contributed by atoms with Gasteiger partial charge in [-0.1, -0.05) is 19.9 Å². The second-order valence-electron chi connectivity index (χ2n) is 3.71. The van der Waals surface area contributed by atoms with Crippen LogP contribution < -0.4 is 0 Å². The number of benzene rings is 1. The highest BCUT2D eigenvalue weighted by atomic mass is 32.2. The lowest BCUT2D eigenvalue weighted by molar-refractivity contribution is 0.890. The Bertz CT molecular complexity index is 441. The molecule has 74 valence electrons. The van der Waals surface area contributed by atoms with Gasteiger partial charge in [0, 0.05) is 14.5 Å². The van der Waals surface area contributed by atoms with E-state index in [4.69, 9.17) is 0 Å². The molecule has 0 N–H and O–H groups in total. The van der Waals surface area contributed by atoms with Crippen molar-refractivity contribution in [3.63, 3.8) is 0 Å². The van der Waals surface area contributed by atoms with E-state index in [1.165, 1.54) is 19.9 Å². The van der Waals surface area contributed by atoms with E-state index >= 15 is 0 Å². The Morgan fingerprint density at radius 2 is 2.00 bits per heavy atom. The maximum atomic E-state index is 2.31. The highest BCUT2D eigenvalue weighted by Crippen LogP contribution is 2.32. The molecule has 2 heteroatoms. The molecule has 0 fully saturated rings. The molecule has 1 aromatic carbocycles. The van der Waals surface area contributed by atoms with Crippen molar-refractivity contribution >= 4 is 33.2 Å². The van der Waals surface area contributed by atoms with Crippen molar-refractivity contribution in [2.75, 3.05) is 6.26 Å². The van der Waals surface area contributed by atoms with E-state index < -0.39 is 0 Å². The third-order valence-electron chi connectivity index (χ3n) is 2.32. The van der Waals surface area contributed by atoms with Gasteiger partial charge < -0.3 is 0 Å². The normalized spacial score (nSPS) is 11.4. The zero-order valence-electron chi connectivity index (χ0n) is 8.70. The largest absolute Gasteiger partial charge is 0.140 e. The zero-order valence-corrected chi connectivity index (χ0v) is 10.3. The second kappa shape index (κ2) is 3.95. The summed E-state index contributed by atoms with van der Waals surface area (Å²) in [4.78, 5) is 2.84. The van der Waals surface area contributed by atoms with Crippen molar-refractivity contribution < 1.29 is 0 Å². The number of hydrogen-bond donors (Lipinski definition) is 0. The minimum absolute atomic E-state index is 0.644. The molecule has 1 heterocycles. The number of hydrogen-bond acceptors (Lipinski definition) is 2. The van der Waals surface area contributed by atoms with Crippen LogP contribution in [-0.4, -0.2) is 6.26 Å². The Balaban J connectivity index is 2.54. The molecule has 2 aromatic rings. The number of thiophene rings is 1. The van der Waals surface area contributed by atoms with E-state index in [9.17, 15) is 0 Å². The number of thioether (sulfide) groups is 1. The number of fused-ring (bicyclic) bond motifs is 1. The molecule has 0 atom stereocenters. The third-order valence-corrected chi connectivity index (χ3v) is 4.44. The van der Waals surface area contributed by atoms with Crippen LogP contribution in [0, 0.1) is 0 Å². The average Bonchev–Trinajstić information content (AvgIpc) is 2.59. The smallest absolute Gasteiger partial charge is 0.0356 e. The van der Waals surface area contributed by atoms with E-state index in [1.807, 2.05) is 23.1 Å². The fraction of sp³-hybridized carbons (Fsp3) is 0.333. The van der Waals surface area contributed by atoms with Crippen LogP contribution in [0.3, 0.4) is 0 Å². The molecule has 0 aliphatic heterocycles. The Hall–Kier alpha value is -0.470. The molecule has 0 amide bonds. The highest BCUT2D eigenvalue weighted by Gasteiger charge is 2.05. The van der Waals surface area contributed by atoms with Crippen molar-refractivity contribution in [1.82, 2.24) is 0 Å². The fourth-order valence-corrected chi connectivity index (χ4v) is 3.06. The summed E-state index contributed by atoms with van der Waals surface area (Å²) in [6.45, 7) is 4.50. The molecule has 14 heavy (non-hydrogen) atoms. The van der Waals surface area contributed by atoms with Gasteiger partial charge in [-0.15, -0.1) is 23.1 Å². The summed E-state index contributed by atoms with van der Waals surface area (Å²) >= 11 is 3.73. The van der Waals surface area contributed by atoms with E-state index in [0.717, 1.165) is 0 Å². The van der Waals surface area contributed by atoms with E-state index in [-0.39, 0.29) is 0 Å². The lowest BCUT2D eigenvalue weighted by Crippen LogP contribution is -1.77. The molecule has 0 aliphatic rings. The Labute approximate surface area is 93.3 Å². The molecule has 0 spiro atoms. The first-order valence-electron chi connectivity index (χ1n) is 4.78. The molecule has 2 rings (SSSR count). The summed E-state index contributed by atoms with van der Waals surface area (Å²) in [6, 6.07) is 9.03. The Morgan fingerprint density at radius 3 is 2.64 bits per heavy atom. The predicted octanol–water partition coefficient (Wildman–Crippen LogP) is 4.75. The standard InChI is InChI=1S/C12H14S2/c1-8(2)11-6-9-4-5-10(13-3)7-12(9)14-11/h4-8H,1-3H3. The number of rotatable bonds is 2.